The number of benzene rings is 1. The predicted octanol–water partition coefficient (Wildman–Crippen LogP) is 4.78. The molecule has 2 rings (SSSR count). The van der Waals surface area contributed by atoms with Crippen LogP contribution in [-0.2, 0) is 25.0 Å². The van der Waals surface area contributed by atoms with Crippen LogP contribution in [0.4, 0.5) is 0 Å². The van der Waals surface area contributed by atoms with Gasteiger partial charge in [-0.1, -0.05) is 46.8 Å². The van der Waals surface area contributed by atoms with Crippen molar-refractivity contribution in [2.24, 2.45) is 10.6 Å². The van der Waals surface area contributed by atoms with Crippen LogP contribution in [0.5, 0.6) is 5.75 Å². The van der Waals surface area contributed by atoms with Crippen LogP contribution in [0.3, 0.4) is 0 Å². The number of primary sulfonamides is 1. The third kappa shape index (κ3) is 7.80. The van der Waals surface area contributed by atoms with Crippen molar-refractivity contribution in [2.45, 2.75) is 77.0 Å². The molecule has 192 valence electrons. The second kappa shape index (κ2) is 12.2. The molecule has 1 unspecified atom stereocenters. The van der Waals surface area contributed by atoms with Crippen molar-refractivity contribution in [3.63, 3.8) is 0 Å². The van der Waals surface area contributed by atoms with Crippen molar-refractivity contribution < 1.29 is 27.8 Å². The number of hydrogen-bond donors (Lipinski definition) is 2. The lowest BCUT2D eigenvalue weighted by atomic mass is 9.74. The van der Waals surface area contributed by atoms with Gasteiger partial charge in [0.05, 0.1) is 13.2 Å². The van der Waals surface area contributed by atoms with E-state index < -0.39 is 16.1 Å². The lowest BCUT2D eigenvalue weighted by Gasteiger charge is -2.32. The maximum Gasteiger partial charge on any atom is 0.302 e. The molecule has 2 aromatic rings. The number of sulfonamides is 1. The fourth-order valence-corrected chi connectivity index (χ4v) is 5.49. The Morgan fingerprint density at radius 3 is 2.09 bits per heavy atom. The van der Waals surface area contributed by atoms with E-state index in [-0.39, 0.29) is 27.6 Å². The zero-order valence-electron chi connectivity index (χ0n) is 21.5. The van der Waals surface area contributed by atoms with Crippen LogP contribution in [-0.4, -0.2) is 39.3 Å². The standard InChI is InChI=1S/C22H33NO4S2.C3H6O2/c1-7-22(8-2,19-11-12-20(28-19)29(23,25)26)16-9-10-17(15(3)13-16)27-14-18(24)21(4,5)6;1-3(4)5-2/h9-13,18,24H,7-8,14H2,1-6H3,(H2,23,25,26);1-2H3. The number of hydrogen-bond acceptors (Lipinski definition) is 7. The number of carbonyl (C=O) groups is 1. The number of rotatable bonds is 8. The zero-order valence-corrected chi connectivity index (χ0v) is 23.1. The zero-order chi connectivity index (χ0) is 26.3. The summed E-state index contributed by atoms with van der Waals surface area (Å²) >= 11 is 1.24. The Labute approximate surface area is 208 Å². The molecule has 34 heavy (non-hydrogen) atoms. The lowest BCUT2D eigenvalue weighted by Crippen LogP contribution is -2.32. The molecule has 3 N–H and O–H groups in total. The first-order valence-corrected chi connectivity index (χ1v) is 13.6. The van der Waals surface area contributed by atoms with Crippen LogP contribution < -0.4 is 9.88 Å². The average Bonchev–Trinajstić information content (AvgIpc) is 3.25. The van der Waals surface area contributed by atoms with Gasteiger partial charge in [0.2, 0.25) is 10.0 Å². The Hall–Kier alpha value is -1.94. The highest BCUT2D eigenvalue weighted by Crippen LogP contribution is 2.43. The minimum absolute atomic E-state index is 0.187. The molecule has 0 saturated carbocycles. The maximum atomic E-state index is 11.7. The Kier molecular flexibility index (Phi) is 10.8. The third-order valence-electron chi connectivity index (χ3n) is 5.95. The number of thiophene rings is 1. The summed E-state index contributed by atoms with van der Waals surface area (Å²) in [6, 6.07) is 9.54. The van der Waals surface area contributed by atoms with E-state index in [0.29, 0.717) is 0 Å². The smallest absolute Gasteiger partial charge is 0.302 e. The summed E-state index contributed by atoms with van der Waals surface area (Å²) in [4.78, 5) is 10.6. The minimum atomic E-state index is -3.71. The molecule has 7 nitrogen and oxygen atoms in total. The first-order valence-electron chi connectivity index (χ1n) is 11.2. The summed E-state index contributed by atoms with van der Waals surface area (Å²) in [6.07, 6.45) is 1.10. The van der Waals surface area contributed by atoms with Crippen molar-refractivity contribution in [1.82, 2.24) is 0 Å². The number of ether oxygens (including phenoxy) is 2. The largest absolute Gasteiger partial charge is 0.491 e. The monoisotopic (exact) mass is 513 g/mol. The third-order valence-corrected chi connectivity index (χ3v) is 8.68. The molecule has 9 heteroatoms. The van der Waals surface area contributed by atoms with Crippen LogP contribution in [0.2, 0.25) is 0 Å². The van der Waals surface area contributed by atoms with Crippen molar-refractivity contribution in [1.29, 1.82) is 0 Å². The molecule has 0 fully saturated rings. The van der Waals surface area contributed by atoms with Gasteiger partial charge in [-0.25, -0.2) is 13.6 Å². The Morgan fingerprint density at radius 1 is 1.15 bits per heavy atom. The van der Waals surface area contributed by atoms with Crippen LogP contribution in [0.25, 0.3) is 0 Å². The molecular weight excluding hydrogens is 474 g/mol. The minimum Gasteiger partial charge on any atom is -0.491 e. The second-order valence-corrected chi connectivity index (χ2v) is 12.2. The molecular formula is C25H39NO6S2. The molecule has 1 aromatic carbocycles. The van der Waals surface area contributed by atoms with Crippen molar-refractivity contribution >= 4 is 27.3 Å². The van der Waals surface area contributed by atoms with E-state index in [0.717, 1.165) is 34.6 Å². The Morgan fingerprint density at radius 2 is 1.71 bits per heavy atom. The average molecular weight is 514 g/mol. The number of esters is 1. The molecule has 0 amide bonds. The van der Waals surface area contributed by atoms with Gasteiger partial charge in [0.1, 0.15) is 16.6 Å². The van der Waals surface area contributed by atoms with Gasteiger partial charge in [-0.3, -0.25) is 4.79 Å². The van der Waals surface area contributed by atoms with E-state index in [9.17, 15) is 18.3 Å². The predicted molar refractivity (Wildman–Crippen MR) is 137 cm³/mol. The number of carbonyl (C=O) groups excluding carboxylic acids is 1. The molecule has 1 heterocycles. The Bertz CT molecular complexity index is 1050. The maximum absolute atomic E-state index is 11.7. The highest BCUT2D eigenvalue weighted by Gasteiger charge is 2.33. The van der Waals surface area contributed by atoms with Gasteiger partial charge in [0.25, 0.3) is 0 Å². The van der Waals surface area contributed by atoms with Crippen LogP contribution in [0.15, 0.2) is 34.5 Å². The summed E-state index contributed by atoms with van der Waals surface area (Å²) < 4.78 is 33.6. The lowest BCUT2D eigenvalue weighted by molar-refractivity contribution is -0.137. The van der Waals surface area contributed by atoms with Crippen LogP contribution >= 0.6 is 11.3 Å². The summed E-state index contributed by atoms with van der Waals surface area (Å²) in [5, 5.41) is 15.5. The first-order chi connectivity index (χ1) is 15.6. The molecule has 0 aliphatic carbocycles. The fourth-order valence-electron chi connectivity index (χ4n) is 3.41. The first kappa shape index (κ1) is 30.1. The normalized spacial score (nSPS) is 13.0. The van der Waals surface area contributed by atoms with E-state index in [4.69, 9.17) is 9.88 Å². The van der Waals surface area contributed by atoms with Gasteiger partial charge in [-0.15, -0.1) is 11.3 Å². The van der Waals surface area contributed by atoms with E-state index in [1.165, 1.54) is 25.4 Å². The highest BCUT2D eigenvalue weighted by molar-refractivity contribution is 7.91. The van der Waals surface area contributed by atoms with Crippen LogP contribution in [0, 0.1) is 12.3 Å². The second-order valence-electron chi connectivity index (χ2n) is 9.32. The summed E-state index contributed by atoms with van der Waals surface area (Å²) in [5.74, 6) is 0.500. The van der Waals surface area contributed by atoms with Gasteiger partial charge in [-0.05, 0) is 54.5 Å². The molecule has 0 radical (unpaired) electrons. The van der Waals surface area contributed by atoms with Gasteiger partial charge in [-0.2, -0.15) is 0 Å². The van der Waals surface area contributed by atoms with Gasteiger partial charge >= 0.3 is 5.97 Å². The SMILES string of the molecule is CCC(CC)(c1ccc(OCC(O)C(C)(C)C)c(C)c1)c1ccc(S(N)(=O)=O)s1.COC(C)=O. The molecule has 0 aliphatic heterocycles. The molecule has 0 saturated heterocycles. The summed E-state index contributed by atoms with van der Waals surface area (Å²) in [6.45, 7) is 13.7. The van der Waals surface area contributed by atoms with Gasteiger partial charge in [0, 0.05) is 17.2 Å². The molecule has 1 aromatic heterocycles. The number of aliphatic hydroxyl groups is 1. The Balaban J connectivity index is 0.00000104. The van der Waals surface area contributed by atoms with E-state index in [1.807, 2.05) is 45.9 Å². The number of methoxy groups -OCH3 is 1. The quantitative estimate of drug-likeness (QED) is 0.491. The van der Waals surface area contributed by atoms with E-state index in [1.54, 1.807) is 6.07 Å². The number of aliphatic hydroxyl groups excluding tert-OH is 1. The highest BCUT2D eigenvalue weighted by atomic mass is 32.2. The van der Waals surface area contributed by atoms with Crippen molar-refractivity contribution in [3.8, 4) is 5.75 Å². The van der Waals surface area contributed by atoms with E-state index >= 15 is 0 Å². The van der Waals surface area contributed by atoms with Gasteiger partial charge < -0.3 is 14.6 Å². The van der Waals surface area contributed by atoms with Crippen LogP contribution in [0.1, 0.15) is 70.4 Å². The van der Waals surface area contributed by atoms with E-state index in [2.05, 4.69) is 24.7 Å². The van der Waals surface area contributed by atoms with Crippen molar-refractivity contribution in [3.05, 3.63) is 46.3 Å². The summed E-state index contributed by atoms with van der Waals surface area (Å²) in [7, 11) is -2.36. The molecule has 0 spiro atoms. The van der Waals surface area contributed by atoms with Crippen molar-refractivity contribution in [2.75, 3.05) is 13.7 Å². The fraction of sp³-hybridized carbons (Fsp3) is 0.560. The topological polar surface area (TPSA) is 116 Å². The molecule has 1 atom stereocenters. The number of nitrogens with two attached hydrogens (primary N) is 1. The summed E-state index contributed by atoms with van der Waals surface area (Å²) in [5.41, 5.74) is 1.57. The van der Waals surface area contributed by atoms with Gasteiger partial charge in [0.15, 0.2) is 0 Å². The number of aryl methyl sites for hydroxylation is 1. The molecule has 0 bridgehead atoms. The molecule has 0 aliphatic rings.